The first-order valence-corrected chi connectivity index (χ1v) is 18.9. The third-order valence-corrected chi connectivity index (χ3v) is 9.04. The Kier molecular flexibility index (Phi) is 37.6. The van der Waals surface area contributed by atoms with Crippen molar-refractivity contribution in [2.75, 3.05) is 6.54 Å². The number of rotatable bonds is 34. The van der Waals surface area contributed by atoms with Gasteiger partial charge in [-0.25, -0.2) is 0 Å². The van der Waals surface area contributed by atoms with Gasteiger partial charge in [0.25, 0.3) is 0 Å². The van der Waals surface area contributed by atoms with Gasteiger partial charge in [0.15, 0.2) is 0 Å². The fourth-order valence-electron chi connectivity index (χ4n) is 6.13. The molecule has 0 aromatic heterocycles. The van der Waals surface area contributed by atoms with E-state index in [1.54, 1.807) is 0 Å². The van der Waals surface area contributed by atoms with E-state index in [1.807, 2.05) is 0 Å². The van der Waals surface area contributed by atoms with Gasteiger partial charge in [-0.15, -0.1) is 12.4 Å². The third-order valence-electron chi connectivity index (χ3n) is 9.04. The van der Waals surface area contributed by atoms with Gasteiger partial charge in [0.1, 0.15) is 0 Å². The van der Waals surface area contributed by atoms with Crippen LogP contribution in [-0.4, -0.2) is 12.1 Å². The molecule has 0 spiro atoms. The summed E-state index contributed by atoms with van der Waals surface area (Å²) in [4.78, 5) is 0. The van der Waals surface area contributed by atoms with Crippen molar-refractivity contribution < 1.29 is 0 Å². The molecular weight excluding hydrogens is 506 g/mol. The van der Waals surface area contributed by atoms with E-state index in [0.29, 0.717) is 5.54 Å². The fourth-order valence-corrected chi connectivity index (χ4v) is 6.13. The molecular formula is C38H80ClN. The second kappa shape index (κ2) is 35.4. The van der Waals surface area contributed by atoms with Crippen molar-refractivity contribution in [1.82, 2.24) is 5.32 Å². The van der Waals surface area contributed by atoms with Gasteiger partial charge >= 0.3 is 0 Å². The predicted molar refractivity (Wildman–Crippen MR) is 188 cm³/mol. The minimum Gasteiger partial charge on any atom is -0.312 e. The smallest absolute Gasteiger partial charge is 0.0125 e. The summed E-state index contributed by atoms with van der Waals surface area (Å²) in [6.07, 6.45) is 46.4. The second-order valence-corrected chi connectivity index (χ2v) is 13.8. The Morgan fingerprint density at radius 3 is 0.825 bits per heavy atom. The Morgan fingerprint density at radius 2 is 0.550 bits per heavy atom. The monoisotopic (exact) mass is 586 g/mol. The number of hydrogen-bond donors (Lipinski definition) is 1. The van der Waals surface area contributed by atoms with E-state index in [4.69, 9.17) is 0 Å². The first-order valence-electron chi connectivity index (χ1n) is 18.9. The van der Waals surface area contributed by atoms with Gasteiger partial charge in [-0.1, -0.05) is 206 Å². The van der Waals surface area contributed by atoms with Crippen LogP contribution in [0.25, 0.3) is 0 Å². The summed E-state index contributed by atoms with van der Waals surface area (Å²) >= 11 is 0. The molecule has 0 saturated carbocycles. The standard InChI is InChI=1S/C38H79N.ClH/c1-5-7-9-11-13-15-17-19-21-23-25-27-29-31-33-35-37-39-38(3,4)36-34-32-30-28-26-24-22-20-18-16-14-12-10-8-6-2;/h39H,5-37H2,1-4H3;1H. The van der Waals surface area contributed by atoms with Crippen molar-refractivity contribution in [2.24, 2.45) is 0 Å². The Labute approximate surface area is 262 Å². The fraction of sp³-hybridized carbons (Fsp3) is 1.00. The normalized spacial score (nSPS) is 11.7. The van der Waals surface area contributed by atoms with E-state index in [0.717, 1.165) is 0 Å². The topological polar surface area (TPSA) is 12.0 Å². The Balaban J connectivity index is 0. The van der Waals surface area contributed by atoms with E-state index < -0.39 is 0 Å². The van der Waals surface area contributed by atoms with Gasteiger partial charge in [0.05, 0.1) is 0 Å². The molecule has 0 aliphatic rings. The molecule has 1 N–H and O–H groups in total. The van der Waals surface area contributed by atoms with Gasteiger partial charge in [-0.3, -0.25) is 0 Å². The maximum atomic E-state index is 3.86. The number of nitrogens with one attached hydrogen (secondary N) is 1. The first kappa shape index (κ1) is 42.4. The summed E-state index contributed by atoms with van der Waals surface area (Å²) in [5.41, 5.74) is 0.325. The van der Waals surface area contributed by atoms with E-state index in [-0.39, 0.29) is 12.4 Å². The molecule has 1 nitrogen and oxygen atoms in total. The number of unbranched alkanes of at least 4 members (excludes halogenated alkanes) is 29. The zero-order valence-electron chi connectivity index (χ0n) is 28.7. The first-order chi connectivity index (χ1) is 19.1. The molecule has 0 amide bonds. The molecule has 0 heterocycles. The van der Waals surface area contributed by atoms with E-state index in [1.165, 1.54) is 212 Å². The summed E-state index contributed by atoms with van der Waals surface area (Å²) in [5, 5.41) is 3.86. The van der Waals surface area contributed by atoms with Crippen LogP contribution in [0.5, 0.6) is 0 Å². The SMILES string of the molecule is CCCCCCCCCCCCCCCCCCNC(C)(C)CCCCCCCCCCCCCCCCC.Cl. The van der Waals surface area contributed by atoms with Crippen LogP contribution in [0.3, 0.4) is 0 Å². The summed E-state index contributed by atoms with van der Waals surface area (Å²) in [5.74, 6) is 0. The molecule has 0 unspecified atom stereocenters. The molecule has 0 aromatic rings. The minimum absolute atomic E-state index is 0. The number of hydrogen-bond acceptors (Lipinski definition) is 1. The highest BCUT2D eigenvalue weighted by Gasteiger charge is 2.15. The molecule has 2 heteroatoms. The Morgan fingerprint density at radius 1 is 0.325 bits per heavy atom. The molecule has 0 atom stereocenters. The van der Waals surface area contributed by atoms with Crippen LogP contribution in [-0.2, 0) is 0 Å². The summed E-state index contributed by atoms with van der Waals surface area (Å²) < 4.78 is 0. The van der Waals surface area contributed by atoms with E-state index in [9.17, 15) is 0 Å². The molecule has 0 aromatic carbocycles. The van der Waals surface area contributed by atoms with E-state index >= 15 is 0 Å². The molecule has 0 radical (unpaired) electrons. The third kappa shape index (κ3) is 36.3. The average Bonchev–Trinajstić information content (AvgIpc) is 2.92. The Bertz CT molecular complexity index is 435. The van der Waals surface area contributed by atoms with Crippen molar-refractivity contribution >= 4 is 12.4 Å². The zero-order valence-corrected chi connectivity index (χ0v) is 29.6. The van der Waals surface area contributed by atoms with Crippen molar-refractivity contribution in [2.45, 2.75) is 239 Å². The molecule has 0 saturated heterocycles. The molecule has 40 heavy (non-hydrogen) atoms. The van der Waals surface area contributed by atoms with Crippen molar-refractivity contribution in [3.05, 3.63) is 0 Å². The van der Waals surface area contributed by atoms with Gasteiger partial charge in [0, 0.05) is 5.54 Å². The molecule has 0 rings (SSSR count). The predicted octanol–water partition coefficient (Wildman–Crippen LogP) is 14.3. The lowest BCUT2D eigenvalue weighted by molar-refractivity contribution is 0.342. The van der Waals surface area contributed by atoms with Crippen molar-refractivity contribution in [3.8, 4) is 0 Å². The molecule has 0 bridgehead atoms. The summed E-state index contributed by atoms with van der Waals surface area (Å²) in [6, 6.07) is 0. The highest BCUT2D eigenvalue weighted by Crippen LogP contribution is 2.18. The molecule has 0 aliphatic carbocycles. The van der Waals surface area contributed by atoms with Crippen LogP contribution in [0.4, 0.5) is 0 Å². The summed E-state index contributed by atoms with van der Waals surface area (Å²) in [6.45, 7) is 10.7. The van der Waals surface area contributed by atoms with Crippen molar-refractivity contribution in [3.63, 3.8) is 0 Å². The van der Waals surface area contributed by atoms with Crippen LogP contribution in [0, 0.1) is 0 Å². The lowest BCUT2D eigenvalue weighted by Gasteiger charge is -2.26. The maximum absolute atomic E-state index is 3.86. The van der Waals surface area contributed by atoms with Gasteiger partial charge in [0.2, 0.25) is 0 Å². The molecule has 244 valence electrons. The highest BCUT2D eigenvalue weighted by atomic mass is 35.5. The zero-order chi connectivity index (χ0) is 28.5. The van der Waals surface area contributed by atoms with Gasteiger partial charge in [-0.05, 0) is 33.2 Å². The number of halogens is 1. The largest absolute Gasteiger partial charge is 0.312 e. The van der Waals surface area contributed by atoms with Crippen LogP contribution in [0.2, 0.25) is 0 Å². The maximum Gasteiger partial charge on any atom is 0.0125 e. The van der Waals surface area contributed by atoms with Crippen LogP contribution in [0.15, 0.2) is 0 Å². The lowest BCUT2D eigenvalue weighted by Crippen LogP contribution is -2.39. The minimum atomic E-state index is 0. The van der Waals surface area contributed by atoms with E-state index in [2.05, 4.69) is 33.0 Å². The molecule has 0 aliphatic heterocycles. The average molecular weight is 587 g/mol. The quantitative estimate of drug-likeness (QED) is 0.0740. The van der Waals surface area contributed by atoms with Gasteiger partial charge in [-0.2, -0.15) is 0 Å². The highest BCUT2D eigenvalue weighted by molar-refractivity contribution is 5.85. The van der Waals surface area contributed by atoms with Crippen LogP contribution >= 0.6 is 12.4 Å². The van der Waals surface area contributed by atoms with Crippen LogP contribution < -0.4 is 5.32 Å². The summed E-state index contributed by atoms with van der Waals surface area (Å²) in [7, 11) is 0. The second-order valence-electron chi connectivity index (χ2n) is 13.8. The lowest BCUT2D eigenvalue weighted by atomic mass is 9.95. The van der Waals surface area contributed by atoms with Gasteiger partial charge < -0.3 is 5.32 Å². The van der Waals surface area contributed by atoms with Crippen LogP contribution in [0.1, 0.15) is 233 Å². The van der Waals surface area contributed by atoms with Crippen molar-refractivity contribution in [1.29, 1.82) is 0 Å². The Hall–Kier alpha value is 0.250. The molecule has 0 fully saturated rings.